The molecule has 0 atom stereocenters. The van der Waals surface area contributed by atoms with Gasteiger partial charge in [0, 0.05) is 0 Å². The molecule has 0 spiro atoms. The SMILES string of the molecule is CC(C)(C)ONC(=O)C(C)(C)Br. The molecule has 0 aliphatic heterocycles. The van der Waals surface area contributed by atoms with Gasteiger partial charge in [-0.05, 0) is 34.6 Å². The summed E-state index contributed by atoms with van der Waals surface area (Å²) in [6.45, 7) is 9.13. The molecule has 0 bridgehead atoms. The van der Waals surface area contributed by atoms with Gasteiger partial charge in [-0.25, -0.2) is 5.48 Å². The number of rotatable bonds is 2. The average molecular weight is 238 g/mol. The van der Waals surface area contributed by atoms with Crippen molar-refractivity contribution in [3.63, 3.8) is 0 Å². The molecule has 4 heteroatoms. The third kappa shape index (κ3) is 5.55. The van der Waals surface area contributed by atoms with Crippen LogP contribution in [-0.2, 0) is 9.63 Å². The second kappa shape index (κ2) is 3.75. The fourth-order valence-corrected chi connectivity index (χ4v) is 0.402. The van der Waals surface area contributed by atoms with E-state index in [-0.39, 0.29) is 11.5 Å². The molecular formula is C8H16BrNO2. The van der Waals surface area contributed by atoms with Crippen molar-refractivity contribution in [2.75, 3.05) is 0 Å². The Bertz CT molecular complexity index is 167. The van der Waals surface area contributed by atoms with Gasteiger partial charge < -0.3 is 0 Å². The highest BCUT2D eigenvalue weighted by Crippen LogP contribution is 2.16. The maximum absolute atomic E-state index is 11.2. The number of hydrogen-bond acceptors (Lipinski definition) is 2. The van der Waals surface area contributed by atoms with E-state index in [1.165, 1.54) is 0 Å². The lowest BCUT2D eigenvalue weighted by Gasteiger charge is -2.22. The maximum atomic E-state index is 11.2. The molecule has 0 fully saturated rings. The second-order valence-corrected chi connectivity index (χ2v) is 6.10. The first-order valence-corrected chi connectivity index (χ1v) is 4.59. The van der Waals surface area contributed by atoms with Crippen molar-refractivity contribution >= 4 is 21.8 Å². The summed E-state index contributed by atoms with van der Waals surface area (Å²) in [6, 6.07) is 0. The third-order valence-corrected chi connectivity index (χ3v) is 1.35. The summed E-state index contributed by atoms with van der Waals surface area (Å²) in [6.07, 6.45) is 0. The Morgan fingerprint density at radius 3 is 1.92 bits per heavy atom. The Balaban J connectivity index is 3.90. The van der Waals surface area contributed by atoms with E-state index in [1.807, 2.05) is 20.8 Å². The van der Waals surface area contributed by atoms with Crippen LogP contribution in [0.3, 0.4) is 0 Å². The number of carbonyl (C=O) groups excluding carboxylic acids is 1. The number of alkyl halides is 1. The molecule has 0 aromatic heterocycles. The van der Waals surface area contributed by atoms with Gasteiger partial charge in [0.15, 0.2) is 0 Å². The largest absolute Gasteiger partial charge is 0.271 e. The molecular weight excluding hydrogens is 222 g/mol. The summed E-state index contributed by atoms with van der Waals surface area (Å²) in [7, 11) is 0. The minimum atomic E-state index is -0.585. The molecule has 3 nitrogen and oxygen atoms in total. The summed E-state index contributed by atoms with van der Waals surface area (Å²) in [5.74, 6) is -0.183. The Kier molecular flexibility index (Phi) is 3.72. The van der Waals surface area contributed by atoms with E-state index in [0.29, 0.717) is 0 Å². The molecule has 0 saturated heterocycles. The molecule has 0 aliphatic rings. The van der Waals surface area contributed by atoms with E-state index in [9.17, 15) is 4.79 Å². The topological polar surface area (TPSA) is 38.3 Å². The van der Waals surface area contributed by atoms with Crippen LogP contribution in [0.15, 0.2) is 0 Å². The van der Waals surface area contributed by atoms with Crippen LogP contribution in [0.2, 0.25) is 0 Å². The lowest BCUT2D eigenvalue weighted by Crippen LogP contribution is -2.41. The zero-order chi connectivity index (χ0) is 9.99. The highest BCUT2D eigenvalue weighted by atomic mass is 79.9. The van der Waals surface area contributed by atoms with E-state index < -0.39 is 4.32 Å². The fourth-order valence-electron chi connectivity index (χ4n) is 0.321. The van der Waals surface area contributed by atoms with E-state index in [4.69, 9.17) is 4.84 Å². The molecule has 0 unspecified atom stereocenters. The molecule has 0 aliphatic carbocycles. The van der Waals surface area contributed by atoms with Crippen molar-refractivity contribution in [2.45, 2.75) is 44.5 Å². The Morgan fingerprint density at radius 2 is 1.67 bits per heavy atom. The first kappa shape index (κ1) is 11.9. The summed E-state index contributed by atoms with van der Waals surface area (Å²) < 4.78 is -0.585. The molecule has 0 radical (unpaired) electrons. The number of hydrogen-bond donors (Lipinski definition) is 1. The van der Waals surface area contributed by atoms with Crippen LogP contribution >= 0.6 is 15.9 Å². The Hall–Kier alpha value is -0.0900. The minimum Gasteiger partial charge on any atom is -0.271 e. The van der Waals surface area contributed by atoms with Crippen LogP contribution in [0.4, 0.5) is 0 Å². The summed E-state index contributed by atoms with van der Waals surface area (Å²) >= 11 is 3.22. The van der Waals surface area contributed by atoms with Crippen molar-refractivity contribution < 1.29 is 9.63 Å². The van der Waals surface area contributed by atoms with Gasteiger partial charge >= 0.3 is 0 Å². The molecule has 72 valence electrons. The summed E-state index contributed by atoms with van der Waals surface area (Å²) in [4.78, 5) is 16.3. The maximum Gasteiger partial charge on any atom is 0.259 e. The Morgan fingerprint density at radius 1 is 1.25 bits per heavy atom. The van der Waals surface area contributed by atoms with Crippen molar-refractivity contribution in [3.8, 4) is 0 Å². The van der Waals surface area contributed by atoms with E-state index in [1.54, 1.807) is 13.8 Å². The predicted molar refractivity (Wildman–Crippen MR) is 52.0 cm³/mol. The van der Waals surface area contributed by atoms with Gasteiger partial charge in [0.25, 0.3) is 5.91 Å². The van der Waals surface area contributed by atoms with Gasteiger partial charge in [-0.2, -0.15) is 0 Å². The van der Waals surface area contributed by atoms with Crippen LogP contribution in [0.1, 0.15) is 34.6 Å². The average Bonchev–Trinajstić information content (AvgIpc) is 1.78. The second-order valence-electron chi connectivity index (χ2n) is 4.12. The van der Waals surface area contributed by atoms with Gasteiger partial charge in [-0.15, -0.1) is 0 Å². The van der Waals surface area contributed by atoms with Crippen molar-refractivity contribution in [1.82, 2.24) is 5.48 Å². The van der Waals surface area contributed by atoms with E-state index in [2.05, 4.69) is 21.4 Å². The predicted octanol–water partition coefficient (Wildman–Crippen LogP) is 2.01. The van der Waals surface area contributed by atoms with Gasteiger partial charge in [0.2, 0.25) is 0 Å². The number of hydroxylamine groups is 1. The first-order valence-electron chi connectivity index (χ1n) is 3.80. The van der Waals surface area contributed by atoms with Crippen molar-refractivity contribution in [2.24, 2.45) is 0 Å². The Labute approximate surface area is 81.9 Å². The molecule has 0 aromatic carbocycles. The molecule has 1 N–H and O–H groups in total. The normalized spacial score (nSPS) is 12.8. The molecule has 0 aromatic rings. The van der Waals surface area contributed by atoms with Crippen molar-refractivity contribution in [1.29, 1.82) is 0 Å². The van der Waals surface area contributed by atoms with Crippen LogP contribution in [0.5, 0.6) is 0 Å². The zero-order valence-electron chi connectivity index (χ0n) is 8.19. The highest BCUT2D eigenvalue weighted by Gasteiger charge is 2.25. The lowest BCUT2D eigenvalue weighted by atomic mass is 10.2. The van der Waals surface area contributed by atoms with Gasteiger partial charge in [-0.3, -0.25) is 9.63 Å². The molecule has 0 heterocycles. The van der Waals surface area contributed by atoms with Crippen LogP contribution < -0.4 is 5.48 Å². The highest BCUT2D eigenvalue weighted by molar-refractivity contribution is 9.10. The van der Waals surface area contributed by atoms with Crippen LogP contribution in [0, 0.1) is 0 Å². The zero-order valence-corrected chi connectivity index (χ0v) is 9.78. The van der Waals surface area contributed by atoms with Gasteiger partial charge in [0.1, 0.15) is 4.32 Å². The smallest absolute Gasteiger partial charge is 0.259 e. The van der Waals surface area contributed by atoms with E-state index >= 15 is 0 Å². The minimum absolute atomic E-state index is 0.183. The van der Waals surface area contributed by atoms with E-state index in [0.717, 1.165) is 0 Å². The summed E-state index contributed by atoms with van der Waals surface area (Å²) in [5, 5.41) is 0. The number of amides is 1. The monoisotopic (exact) mass is 237 g/mol. The number of carbonyl (C=O) groups is 1. The molecule has 0 saturated carbocycles. The number of nitrogens with one attached hydrogen (secondary N) is 1. The van der Waals surface area contributed by atoms with Crippen LogP contribution in [0.25, 0.3) is 0 Å². The third-order valence-electron chi connectivity index (χ3n) is 0.990. The molecule has 12 heavy (non-hydrogen) atoms. The quantitative estimate of drug-likeness (QED) is 0.590. The summed E-state index contributed by atoms with van der Waals surface area (Å²) in [5.41, 5.74) is 2.02. The van der Waals surface area contributed by atoms with Crippen molar-refractivity contribution in [3.05, 3.63) is 0 Å². The van der Waals surface area contributed by atoms with Gasteiger partial charge in [-0.1, -0.05) is 15.9 Å². The lowest BCUT2D eigenvalue weighted by molar-refractivity contribution is -0.147. The fraction of sp³-hybridized carbons (Fsp3) is 0.875. The van der Waals surface area contributed by atoms with Gasteiger partial charge in [0.05, 0.1) is 5.60 Å². The standard InChI is InChI=1S/C8H16BrNO2/c1-7(2,3)12-10-6(11)8(4,5)9/h1-5H3,(H,10,11). The molecule has 1 amide bonds. The van der Waals surface area contributed by atoms with Crippen LogP contribution in [-0.4, -0.2) is 15.8 Å². The first-order chi connectivity index (χ1) is 5.13. The number of halogens is 1. The molecule has 0 rings (SSSR count).